The highest BCUT2D eigenvalue weighted by Crippen LogP contribution is 2.14. The van der Waals surface area contributed by atoms with Crippen LogP contribution in [0, 0.1) is 6.92 Å². The van der Waals surface area contributed by atoms with E-state index in [1.165, 1.54) is 19.1 Å². The minimum Gasteiger partial charge on any atom is -0.478 e. The molecule has 0 saturated heterocycles. The van der Waals surface area contributed by atoms with Crippen LogP contribution < -0.4 is 4.72 Å². The summed E-state index contributed by atoms with van der Waals surface area (Å²) in [6.45, 7) is 4.75. The molecule has 1 heterocycles. The summed E-state index contributed by atoms with van der Waals surface area (Å²) in [5.74, 6) is -0.798. The van der Waals surface area contributed by atoms with E-state index < -0.39 is 16.0 Å². The molecule has 0 radical (unpaired) electrons. The largest absolute Gasteiger partial charge is 0.478 e. The first-order valence-corrected chi connectivity index (χ1v) is 6.42. The minimum atomic E-state index is -3.43. The molecule has 1 rings (SSSR count). The Kier molecular flexibility index (Phi) is 4.08. The van der Waals surface area contributed by atoms with Gasteiger partial charge in [-0.2, -0.15) is 0 Å². The average molecular weight is 259 g/mol. The Morgan fingerprint density at radius 1 is 1.65 bits per heavy atom. The monoisotopic (exact) mass is 259 g/mol. The highest BCUT2D eigenvalue weighted by atomic mass is 32.2. The van der Waals surface area contributed by atoms with Crippen molar-refractivity contribution in [2.24, 2.45) is 0 Å². The molecule has 0 amide bonds. The molecular weight excluding hydrogens is 246 g/mol. The Bertz CT molecular complexity index is 529. The minimum absolute atomic E-state index is 0.0305. The van der Waals surface area contributed by atoms with Crippen molar-refractivity contribution in [3.05, 3.63) is 35.8 Å². The van der Waals surface area contributed by atoms with E-state index in [9.17, 15) is 13.2 Å². The number of carboxylic acids is 1. The topological polar surface area (TPSA) is 96.6 Å². The number of hydrogen-bond acceptors (Lipinski definition) is 4. The lowest BCUT2D eigenvalue weighted by Crippen LogP contribution is -2.24. The molecule has 0 aromatic carbocycles. The van der Waals surface area contributed by atoms with Crippen molar-refractivity contribution < 1.29 is 22.7 Å². The molecule has 0 fully saturated rings. The number of sulfonamides is 1. The summed E-state index contributed by atoms with van der Waals surface area (Å²) in [4.78, 5) is 10.7. The van der Waals surface area contributed by atoms with Crippen LogP contribution in [0.3, 0.4) is 0 Å². The zero-order valence-corrected chi connectivity index (χ0v) is 10.1. The third-order valence-corrected chi connectivity index (χ3v) is 3.26. The average Bonchev–Trinajstić information content (AvgIpc) is 2.57. The van der Waals surface area contributed by atoms with Gasteiger partial charge in [-0.15, -0.1) is 6.58 Å². The van der Waals surface area contributed by atoms with Gasteiger partial charge in [0.1, 0.15) is 17.1 Å². The Morgan fingerprint density at radius 2 is 2.29 bits per heavy atom. The molecule has 0 bridgehead atoms. The van der Waals surface area contributed by atoms with Gasteiger partial charge in [-0.25, -0.2) is 17.9 Å². The van der Waals surface area contributed by atoms with Crippen LogP contribution in [-0.4, -0.2) is 25.2 Å². The normalized spacial score (nSPS) is 11.4. The van der Waals surface area contributed by atoms with Gasteiger partial charge in [-0.05, 0) is 13.0 Å². The van der Waals surface area contributed by atoms with Crippen LogP contribution in [0.1, 0.15) is 21.9 Å². The zero-order chi connectivity index (χ0) is 13.1. The molecule has 0 unspecified atom stereocenters. The number of aromatic carboxylic acids is 1. The van der Waals surface area contributed by atoms with Crippen molar-refractivity contribution >= 4 is 16.0 Å². The van der Waals surface area contributed by atoms with Crippen LogP contribution in [0.15, 0.2) is 23.1 Å². The molecule has 1 aromatic rings. The van der Waals surface area contributed by atoms with Crippen molar-refractivity contribution in [1.82, 2.24) is 4.72 Å². The van der Waals surface area contributed by atoms with Crippen LogP contribution in [0.4, 0.5) is 0 Å². The van der Waals surface area contributed by atoms with Gasteiger partial charge in [-0.3, -0.25) is 0 Å². The second-order valence-electron chi connectivity index (χ2n) is 3.38. The molecule has 0 aliphatic carbocycles. The number of hydrogen-bond donors (Lipinski definition) is 2. The molecule has 1 aromatic heterocycles. The smallest absolute Gasteiger partial charge is 0.339 e. The Balaban J connectivity index is 2.74. The van der Waals surface area contributed by atoms with Crippen LogP contribution in [0.5, 0.6) is 0 Å². The van der Waals surface area contributed by atoms with Gasteiger partial charge in [0.25, 0.3) is 0 Å². The summed E-state index contributed by atoms with van der Waals surface area (Å²) in [6.07, 6.45) is 1.26. The first-order chi connectivity index (χ1) is 7.85. The van der Waals surface area contributed by atoms with E-state index in [-0.39, 0.29) is 29.4 Å². The fourth-order valence-corrected chi connectivity index (χ4v) is 2.03. The maximum Gasteiger partial charge on any atom is 0.339 e. The van der Waals surface area contributed by atoms with Gasteiger partial charge in [0, 0.05) is 0 Å². The second kappa shape index (κ2) is 5.15. The summed E-state index contributed by atoms with van der Waals surface area (Å²) < 4.78 is 30.0. The van der Waals surface area contributed by atoms with Gasteiger partial charge < -0.3 is 9.52 Å². The molecule has 0 aliphatic rings. The number of carbonyl (C=O) groups is 1. The standard InChI is InChI=1S/C10H13NO5S/c1-3-4-17(14,15)11-6-8-5-9(10(12)13)7(2)16-8/h3,5,11H,1,4,6H2,2H3,(H,12,13). The van der Waals surface area contributed by atoms with Crippen molar-refractivity contribution in [1.29, 1.82) is 0 Å². The van der Waals surface area contributed by atoms with Crippen molar-refractivity contribution in [2.45, 2.75) is 13.5 Å². The van der Waals surface area contributed by atoms with E-state index in [0.29, 0.717) is 0 Å². The highest BCUT2D eigenvalue weighted by Gasteiger charge is 2.15. The Morgan fingerprint density at radius 3 is 2.76 bits per heavy atom. The van der Waals surface area contributed by atoms with Gasteiger partial charge >= 0.3 is 5.97 Å². The van der Waals surface area contributed by atoms with Crippen LogP contribution in [0.2, 0.25) is 0 Å². The maximum atomic E-state index is 11.3. The number of rotatable bonds is 6. The van der Waals surface area contributed by atoms with Crippen LogP contribution >= 0.6 is 0 Å². The van der Waals surface area contributed by atoms with Gasteiger partial charge in [0.15, 0.2) is 0 Å². The summed E-state index contributed by atoms with van der Waals surface area (Å²) in [5, 5.41) is 8.78. The molecule has 17 heavy (non-hydrogen) atoms. The number of aryl methyl sites for hydroxylation is 1. The lowest BCUT2D eigenvalue weighted by molar-refractivity contribution is 0.0695. The predicted molar refractivity (Wildman–Crippen MR) is 61.2 cm³/mol. The summed E-state index contributed by atoms with van der Waals surface area (Å²) in [7, 11) is -3.43. The van der Waals surface area contributed by atoms with Crippen LogP contribution in [0.25, 0.3) is 0 Å². The van der Waals surface area contributed by atoms with Gasteiger partial charge in [0.05, 0.1) is 12.3 Å². The molecule has 0 saturated carbocycles. The number of furan rings is 1. The van der Waals surface area contributed by atoms with Gasteiger partial charge in [0.2, 0.25) is 10.0 Å². The van der Waals surface area contributed by atoms with Crippen molar-refractivity contribution in [3.8, 4) is 0 Å². The lowest BCUT2D eigenvalue weighted by Gasteiger charge is -2.01. The second-order valence-corrected chi connectivity index (χ2v) is 5.23. The summed E-state index contributed by atoms with van der Waals surface area (Å²) in [5.41, 5.74) is 0.0305. The first kappa shape index (κ1) is 13.5. The Labute approximate surface area is 99.0 Å². The van der Waals surface area contributed by atoms with E-state index in [1.54, 1.807) is 0 Å². The summed E-state index contributed by atoms with van der Waals surface area (Å²) >= 11 is 0. The number of nitrogens with one attached hydrogen (secondary N) is 1. The fourth-order valence-electron chi connectivity index (χ4n) is 1.24. The molecular formula is C10H13NO5S. The van der Waals surface area contributed by atoms with Crippen molar-refractivity contribution in [2.75, 3.05) is 5.75 Å². The van der Waals surface area contributed by atoms with E-state index in [2.05, 4.69) is 11.3 Å². The quantitative estimate of drug-likeness (QED) is 0.739. The Hall–Kier alpha value is -1.60. The SMILES string of the molecule is C=CCS(=O)(=O)NCc1cc(C(=O)O)c(C)o1. The highest BCUT2D eigenvalue weighted by molar-refractivity contribution is 7.89. The van der Waals surface area contributed by atoms with E-state index >= 15 is 0 Å². The third kappa shape index (κ3) is 3.72. The molecule has 0 aliphatic heterocycles. The lowest BCUT2D eigenvalue weighted by atomic mass is 10.2. The van der Waals surface area contributed by atoms with Gasteiger partial charge in [-0.1, -0.05) is 6.08 Å². The third-order valence-electron chi connectivity index (χ3n) is 2.00. The number of carboxylic acid groups (broad SMARTS) is 1. The first-order valence-electron chi connectivity index (χ1n) is 4.76. The fraction of sp³-hybridized carbons (Fsp3) is 0.300. The van der Waals surface area contributed by atoms with E-state index in [4.69, 9.17) is 9.52 Å². The van der Waals surface area contributed by atoms with Crippen molar-refractivity contribution in [3.63, 3.8) is 0 Å². The molecule has 2 N–H and O–H groups in total. The molecule has 0 atom stereocenters. The molecule has 6 nitrogen and oxygen atoms in total. The molecule has 0 spiro atoms. The maximum absolute atomic E-state index is 11.3. The molecule has 7 heteroatoms. The summed E-state index contributed by atoms with van der Waals surface area (Å²) in [6, 6.07) is 1.30. The zero-order valence-electron chi connectivity index (χ0n) is 9.26. The van der Waals surface area contributed by atoms with E-state index in [1.807, 2.05) is 0 Å². The van der Waals surface area contributed by atoms with E-state index in [0.717, 1.165) is 0 Å². The van der Waals surface area contributed by atoms with Crippen LogP contribution in [-0.2, 0) is 16.6 Å². The molecule has 94 valence electrons. The predicted octanol–water partition coefficient (Wildman–Crippen LogP) is 0.892.